The Balaban J connectivity index is 2.35. The fourth-order valence-corrected chi connectivity index (χ4v) is 3.06. The van der Waals surface area contributed by atoms with Crippen molar-refractivity contribution in [2.75, 3.05) is 7.11 Å². The molecule has 0 radical (unpaired) electrons. The Morgan fingerprint density at radius 3 is 2.43 bits per heavy atom. The van der Waals surface area contributed by atoms with Crippen molar-refractivity contribution in [2.45, 2.75) is 26.3 Å². The molecule has 3 aromatic rings. The quantitative estimate of drug-likeness (QED) is 0.628. The van der Waals surface area contributed by atoms with E-state index in [1.165, 1.54) is 7.11 Å². The molecule has 0 saturated heterocycles. The van der Waals surface area contributed by atoms with Crippen molar-refractivity contribution < 1.29 is 9.53 Å². The zero-order valence-electron chi connectivity index (χ0n) is 13.6. The molecule has 0 aliphatic rings. The van der Waals surface area contributed by atoms with Crippen molar-refractivity contribution in [3.8, 4) is 11.3 Å². The summed E-state index contributed by atoms with van der Waals surface area (Å²) in [5.74, 6) is -0.282. The van der Waals surface area contributed by atoms with Gasteiger partial charge >= 0.3 is 5.97 Å². The number of esters is 1. The molecule has 0 atom stereocenters. The number of carbonyl (C=O) groups is 1. The molecule has 0 aliphatic carbocycles. The summed E-state index contributed by atoms with van der Waals surface area (Å²) in [4.78, 5) is 12.5. The van der Waals surface area contributed by atoms with Crippen LogP contribution in [-0.2, 0) is 11.3 Å². The molecular formula is C20H21NO2. The van der Waals surface area contributed by atoms with E-state index >= 15 is 0 Å². The predicted octanol–water partition coefficient (Wildman–Crippen LogP) is 4.90. The Hall–Kier alpha value is -2.55. The third-order valence-corrected chi connectivity index (χ3v) is 4.14. The van der Waals surface area contributed by atoms with Gasteiger partial charge in [0.05, 0.1) is 18.4 Å². The number of aryl methyl sites for hydroxylation is 1. The predicted molar refractivity (Wildman–Crippen MR) is 93.6 cm³/mol. The molecule has 3 rings (SSSR count). The van der Waals surface area contributed by atoms with Gasteiger partial charge in [0.15, 0.2) is 0 Å². The highest BCUT2D eigenvalue weighted by Crippen LogP contribution is 2.34. The first-order chi connectivity index (χ1) is 11.3. The minimum Gasteiger partial charge on any atom is -0.465 e. The molecule has 2 aromatic carbocycles. The molecule has 3 nitrogen and oxygen atoms in total. The molecule has 0 N–H and O–H groups in total. The second kappa shape index (κ2) is 6.69. The lowest BCUT2D eigenvalue weighted by molar-refractivity contribution is 0.0603. The molecule has 118 valence electrons. The smallest absolute Gasteiger partial charge is 0.340 e. The summed E-state index contributed by atoms with van der Waals surface area (Å²) in [6.45, 7) is 3.06. The number of fused-ring (bicyclic) bond motifs is 1. The molecule has 0 fully saturated rings. The number of hydrogen-bond donors (Lipinski definition) is 0. The summed E-state index contributed by atoms with van der Waals surface area (Å²) in [6, 6.07) is 18.1. The minimum absolute atomic E-state index is 0.282. The summed E-state index contributed by atoms with van der Waals surface area (Å²) in [5, 5.41) is 0.953. The van der Waals surface area contributed by atoms with Crippen molar-refractivity contribution in [1.29, 1.82) is 0 Å². The van der Waals surface area contributed by atoms with Gasteiger partial charge in [0.1, 0.15) is 0 Å². The molecule has 0 saturated carbocycles. The number of ether oxygens (including phenoxy) is 1. The average Bonchev–Trinajstić information content (AvgIpc) is 2.94. The molecule has 0 bridgehead atoms. The van der Waals surface area contributed by atoms with Gasteiger partial charge in [-0.2, -0.15) is 0 Å². The van der Waals surface area contributed by atoms with Gasteiger partial charge in [-0.25, -0.2) is 4.79 Å². The van der Waals surface area contributed by atoms with Crippen LogP contribution in [0, 0.1) is 0 Å². The van der Waals surface area contributed by atoms with Gasteiger partial charge in [0.25, 0.3) is 0 Å². The first-order valence-corrected chi connectivity index (χ1v) is 8.03. The van der Waals surface area contributed by atoms with Crippen LogP contribution in [0.3, 0.4) is 0 Å². The molecule has 0 unspecified atom stereocenters. The second-order valence-electron chi connectivity index (χ2n) is 5.60. The van der Waals surface area contributed by atoms with Crippen molar-refractivity contribution in [3.05, 3.63) is 60.2 Å². The fourth-order valence-electron chi connectivity index (χ4n) is 3.06. The monoisotopic (exact) mass is 307 g/mol. The normalized spacial score (nSPS) is 10.9. The number of methoxy groups -OCH3 is 1. The van der Waals surface area contributed by atoms with Crippen LogP contribution in [0.4, 0.5) is 0 Å². The highest BCUT2D eigenvalue weighted by atomic mass is 16.5. The maximum absolute atomic E-state index is 12.5. The molecular weight excluding hydrogens is 286 g/mol. The van der Waals surface area contributed by atoms with Gasteiger partial charge in [-0.1, -0.05) is 61.9 Å². The number of rotatable bonds is 5. The van der Waals surface area contributed by atoms with Crippen LogP contribution >= 0.6 is 0 Å². The molecule has 0 spiro atoms. The number of aromatic nitrogens is 1. The second-order valence-corrected chi connectivity index (χ2v) is 5.60. The summed E-state index contributed by atoms with van der Waals surface area (Å²) in [7, 11) is 1.44. The van der Waals surface area contributed by atoms with Crippen molar-refractivity contribution in [1.82, 2.24) is 4.57 Å². The summed E-state index contributed by atoms with van der Waals surface area (Å²) >= 11 is 0. The van der Waals surface area contributed by atoms with E-state index in [1.807, 2.05) is 48.5 Å². The van der Waals surface area contributed by atoms with E-state index in [-0.39, 0.29) is 5.97 Å². The molecule has 23 heavy (non-hydrogen) atoms. The average molecular weight is 307 g/mol. The number of para-hydroxylation sites is 1. The minimum atomic E-state index is -0.282. The topological polar surface area (TPSA) is 31.2 Å². The first-order valence-electron chi connectivity index (χ1n) is 8.03. The van der Waals surface area contributed by atoms with Gasteiger partial charge < -0.3 is 9.30 Å². The maximum atomic E-state index is 12.5. The van der Waals surface area contributed by atoms with E-state index in [2.05, 4.69) is 17.6 Å². The van der Waals surface area contributed by atoms with Crippen LogP contribution in [0.1, 0.15) is 30.1 Å². The molecule has 0 amide bonds. The first kappa shape index (κ1) is 15.3. The highest BCUT2D eigenvalue weighted by molar-refractivity contribution is 6.10. The van der Waals surface area contributed by atoms with Crippen LogP contribution in [0.15, 0.2) is 54.6 Å². The number of hydrogen-bond acceptors (Lipinski definition) is 2. The van der Waals surface area contributed by atoms with E-state index in [4.69, 9.17) is 4.74 Å². The summed E-state index contributed by atoms with van der Waals surface area (Å²) in [6.07, 6.45) is 2.17. The third-order valence-electron chi connectivity index (χ3n) is 4.14. The van der Waals surface area contributed by atoms with E-state index < -0.39 is 0 Å². The highest BCUT2D eigenvalue weighted by Gasteiger charge is 2.23. The Morgan fingerprint density at radius 1 is 1.04 bits per heavy atom. The van der Waals surface area contributed by atoms with E-state index in [0.29, 0.717) is 5.56 Å². The SMILES string of the molecule is CCCCn1c(-c2ccccc2)c(C(=O)OC)c2ccccc21. The molecule has 0 aliphatic heterocycles. The number of benzene rings is 2. The largest absolute Gasteiger partial charge is 0.465 e. The molecule has 3 heteroatoms. The Bertz CT molecular complexity index is 818. The third kappa shape index (κ3) is 2.74. The van der Waals surface area contributed by atoms with Gasteiger partial charge in [0.2, 0.25) is 0 Å². The van der Waals surface area contributed by atoms with Crippen molar-refractivity contribution in [2.24, 2.45) is 0 Å². The van der Waals surface area contributed by atoms with Crippen LogP contribution in [0.2, 0.25) is 0 Å². The molecule has 1 aromatic heterocycles. The van der Waals surface area contributed by atoms with Crippen molar-refractivity contribution >= 4 is 16.9 Å². The van der Waals surface area contributed by atoms with Gasteiger partial charge in [0, 0.05) is 17.4 Å². The zero-order chi connectivity index (χ0) is 16.2. The van der Waals surface area contributed by atoms with E-state index in [1.54, 1.807) is 0 Å². The van der Waals surface area contributed by atoms with Crippen LogP contribution in [0.25, 0.3) is 22.2 Å². The summed E-state index contributed by atoms with van der Waals surface area (Å²) in [5.41, 5.74) is 3.73. The van der Waals surface area contributed by atoms with Gasteiger partial charge in [-0.05, 0) is 18.1 Å². The Labute approximate surface area is 136 Å². The number of unbranched alkanes of at least 4 members (excludes halogenated alkanes) is 1. The number of carbonyl (C=O) groups excluding carboxylic acids is 1. The Kier molecular flexibility index (Phi) is 4.47. The maximum Gasteiger partial charge on any atom is 0.340 e. The summed E-state index contributed by atoms with van der Waals surface area (Å²) < 4.78 is 7.32. The lowest BCUT2D eigenvalue weighted by atomic mass is 10.1. The lowest BCUT2D eigenvalue weighted by Crippen LogP contribution is -2.06. The Morgan fingerprint density at radius 2 is 1.74 bits per heavy atom. The van der Waals surface area contributed by atoms with E-state index in [0.717, 1.165) is 41.5 Å². The standard InChI is InChI=1S/C20H21NO2/c1-3-4-14-21-17-13-9-8-12-16(17)18(20(22)23-2)19(21)15-10-6-5-7-11-15/h5-13H,3-4,14H2,1-2H3. The lowest BCUT2D eigenvalue weighted by Gasteiger charge is -2.11. The fraction of sp³-hybridized carbons (Fsp3) is 0.250. The van der Waals surface area contributed by atoms with Crippen molar-refractivity contribution in [3.63, 3.8) is 0 Å². The van der Waals surface area contributed by atoms with E-state index in [9.17, 15) is 4.79 Å². The van der Waals surface area contributed by atoms with Crippen LogP contribution in [-0.4, -0.2) is 17.6 Å². The zero-order valence-corrected chi connectivity index (χ0v) is 13.6. The number of nitrogens with zero attached hydrogens (tertiary/aromatic N) is 1. The molecule has 1 heterocycles. The van der Waals surface area contributed by atoms with Gasteiger partial charge in [-0.15, -0.1) is 0 Å². The van der Waals surface area contributed by atoms with Crippen LogP contribution < -0.4 is 0 Å². The van der Waals surface area contributed by atoms with Crippen LogP contribution in [0.5, 0.6) is 0 Å². The van der Waals surface area contributed by atoms with Gasteiger partial charge in [-0.3, -0.25) is 0 Å².